The van der Waals surface area contributed by atoms with Gasteiger partial charge in [-0.3, -0.25) is 10.1 Å². The normalized spacial score (nSPS) is 16.4. The molecule has 1 fully saturated rings. The summed E-state index contributed by atoms with van der Waals surface area (Å²) in [5, 5.41) is 11.1. The first-order valence-electron chi connectivity index (χ1n) is 6.41. The van der Waals surface area contributed by atoms with Crippen molar-refractivity contribution in [2.75, 3.05) is 18.0 Å². The molecule has 0 saturated carbocycles. The summed E-state index contributed by atoms with van der Waals surface area (Å²) in [5.74, 6) is 0.667. The van der Waals surface area contributed by atoms with E-state index in [2.05, 4.69) is 27.4 Å². The Labute approximate surface area is 121 Å². The third-order valence-electron chi connectivity index (χ3n) is 3.59. The molecule has 1 aliphatic rings. The molecule has 0 aliphatic carbocycles. The quantitative estimate of drug-likeness (QED) is 0.475. The van der Waals surface area contributed by atoms with E-state index in [4.69, 9.17) is 0 Å². The number of allylic oxidation sites excluding steroid dienone is 1. The van der Waals surface area contributed by atoms with Crippen LogP contribution in [0.25, 0.3) is 0 Å². The molecule has 19 heavy (non-hydrogen) atoms. The maximum atomic E-state index is 11.1. The van der Waals surface area contributed by atoms with Crippen molar-refractivity contribution in [3.63, 3.8) is 0 Å². The van der Waals surface area contributed by atoms with E-state index in [1.807, 2.05) is 12.1 Å². The van der Waals surface area contributed by atoms with Crippen LogP contribution in [0.15, 0.2) is 35.3 Å². The molecule has 0 N–H and O–H groups in total. The van der Waals surface area contributed by atoms with Crippen molar-refractivity contribution in [3.8, 4) is 0 Å². The number of anilines is 1. The summed E-state index contributed by atoms with van der Waals surface area (Å²) in [6.45, 7) is 5.51. The summed E-state index contributed by atoms with van der Waals surface area (Å²) in [5.41, 5.74) is 0.904. The summed E-state index contributed by atoms with van der Waals surface area (Å²) in [7, 11) is 0. The number of halogens is 1. The Kier molecular flexibility index (Phi) is 4.58. The van der Waals surface area contributed by atoms with Crippen LogP contribution in [0.3, 0.4) is 0 Å². The molecule has 0 radical (unpaired) electrons. The standard InChI is InChI=1S/C14H17BrN2O2/c1-2-3-11-6-8-16(9-7-11)14-10-12(15)4-5-13(14)17(18)19/h2,4-5,10-11H,1,3,6-9H2. The molecule has 0 spiro atoms. The minimum atomic E-state index is -0.308. The van der Waals surface area contributed by atoms with Crippen LogP contribution in [-0.2, 0) is 0 Å². The third-order valence-corrected chi connectivity index (χ3v) is 4.08. The Morgan fingerprint density at radius 3 is 2.74 bits per heavy atom. The number of nitro benzene ring substituents is 1. The fourth-order valence-corrected chi connectivity index (χ4v) is 2.90. The summed E-state index contributed by atoms with van der Waals surface area (Å²) >= 11 is 3.39. The minimum absolute atomic E-state index is 0.186. The molecular weight excluding hydrogens is 308 g/mol. The lowest BCUT2D eigenvalue weighted by Crippen LogP contribution is -2.33. The van der Waals surface area contributed by atoms with E-state index in [1.165, 1.54) is 0 Å². The van der Waals surface area contributed by atoms with Gasteiger partial charge in [0.15, 0.2) is 0 Å². The van der Waals surface area contributed by atoms with Crippen LogP contribution in [0.5, 0.6) is 0 Å². The summed E-state index contributed by atoms with van der Waals surface area (Å²) in [4.78, 5) is 12.9. The molecule has 1 aliphatic heterocycles. The minimum Gasteiger partial charge on any atom is -0.366 e. The summed E-state index contributed by atoms with van der Waals surface area (Å²) in [6, 6.07) is 5.12. The van der Waals surface area contributed by atoms with Crippen molar-refractivity contribution in [2.24, 2.45) is 5.92 Å². The predicted octanol–water partition coefficient (Wildman–Crippen LogP) is 4.15. The molecule has 1 heterocycles. The molecule has 0 atom stereocenters. The molecule has 2 rings (SSSR count). The highest BCUT2D eigenvalue weighted by Crippen LogP contribution is 2.34. The second-order valence-electron chi connectivity index (χ2n) is 4.84. The zero-order chi connectivity index (χ0) is 13.8. The van der Waals surface area contributed by atoms with Gasteiger partial charge in [0.05, 0.1) is 4.92 Å². The fraction of sp³-hybridized carbons (Fsp3) is 0.429. The Hall–Kier alpha value is -1.36. The van der Waals surface area contributed by atoms with E-state index in [1.54, 1.807) is 12.1 Å². The van der Waals surface area contributed by atoms with E-state index in [0.29, 0.717) is 5.92 Å². The molecule has 0 aromatic heterocycles. The number of nitrogens with zero attached hydrogens (tertiary/aromatic N) is 2. The van der Waals surface area contributed by atoms with Gasteiger partial charge in [0.25, 0.3) is 5.69 Å². The maximum Gasteiger partial charge on any atom is 0.292 e. The largest absolute Gasteiger partial charge is 0.366 e. The van der Waals surface area contributed by atoms with Gasteiger partial charge in [-0.1, -0.05) is 22.0 Å². The van der Waals surface area contributed by atoms with E-state index < -0.39 is 0 Å². The van der Waals surface area contributed by atoms with Crippen molar-refractivity contribution >= 4 is 27.3 Å². The van der Waals surface area contributed by atoms with Crippen molar-refractivity contribution in [3.05, 3.63) is 45.4 Å². The number of nitro groups is 1. The van der Waals surface area contributed by atoms with Gasteiger partial charge in [0.1, 0.15) is 5.69 Å². The van der Waals surface area contributed by atoms with Crippen LogP contribution in [0.1, 0.15) is 19.3 Å². The number of rotatable bonds is 4. The molecule has 0 bridgehead atoms. The second-order valence-corrected chi connectivity index (χ2v) is 5.76. The summed E-state index contributed by atoms with van der Waals surface area (Å²) < 4.78 is 0.876. The molecule has 0 unspecified atom stereocenters. The number of benzene rings is 1. The van der Waals surface area contributed by atoms with Gasteiger partial charge in [-0.2, -0.15) is 0 Å². The fourth-order valence-electron chi connectivity index (χ4n) is 2.55. The Morgan fingerprint density at radius 1 is 1.47 bits per heavy atom. The highest BCUT2D eigenvalue weighted by molar-refractivity contribution is 9.10. The molecule has 0 amide bonds. The second kappa shape index (κ2) is 6.19. The van der Waals surface area contributed by atoms with Gasteiger partial charge in [0.2, 0.25) is 0 Å². The zero-order valence-corrected chi connectivity index (χ0v) is 12.3. The monoisotopic (exact) mass is 324 g/mol. The first-order valence-corrected chi connectivity index (χ1v) is 7.21. The SMILES string of the molecule is C=CCC1CCN(c2cc(Br)ccc2[N+](=O)[O-])CC1. The Balaban J connectivity index is 2.16. The maximum absolute atomic E-state index is 11.1. The lowest BCUT2D eigenvalue weighted by atomic mass is 9.93. The van der Waals surface area contributed by atoms with Crippen molar-refractivity contribution in [2.45, 2.75) is 19.3 Å². The van der Waals surface area contributed by atoms with Crippen LogP contribution in [0.4, 0.5) is 11.4 Å². The van der Waals surface area contributed by atoms with Crippen LogP contribution in [0, 0.1) is 16.0 Å². The van der Waals surface area contributed by atoms with Gasteiger partial charge < -0.3 is 4.90 Å². The van der Waals surface area contributed by atoms with E-state index >= 15 is 0 Å². The van der Waals surface area contributed by atoms with Crippen molar-refractivity contribution in [1.82, 2.24) is 0 Å². The lowest BCUT2D eigenvalue weighted by molar-refractivity contribution is -0.384. The number of hydrogen-bond acceptors (Lipinski definition) is 3. The third kappa shape index (κ3) is 3.35. The van der Waals surface area contributed by atoms with Crippen LogP contribution in [-0.4, -0.2) is 18.0 Å². The highest BCUT2D eigenvalue weighted by Gasteiger charge is 2.24. The Morgan fingerprint density at radius 2 is 2.16 bits per heavy atom. The van der Waals surface area contributed by atoms with Gasteiger partial charge in [-0.25, -0.2) is 0 Å². The van der Waals surface area contributed by atoms with E-state index in [-0.39, 0.29) is 10.6 Å². The molecule has 5 heteroatoms. The average Bonchev–Trinajstić information content (AvgIpc) is 2.39. The van der Waals surface area contributed by atoms with Gasteiger partial charge >= 0.3 is 0 Å². The van der Waals surface area contributed by atoms with E-state index in [9.17, 15) is 10.1 Å². The number of piperidine rings is 1. The average molecular weight is 325 g/mol. The van der Waals surface area contributed by atoms with Crippen molar-refractivity contribution in [1.29, 1.82) is 0 Å². The van der Waals surface area contributed by atoms with E-state index in [0.717, 1.165) is 42.5 Å². The first-order chi connectivity index (χ1) is 9.11. The predicted molar refractivity (Wildman–Crippen MR) is 80.5 cm³/mol. The molecule has 102 valence electrons. The number of hydrogen-bond donors (Lipinski definition) is 0. The topological polar surface area (TPSA) is 46.4 Å². The van der Waals surface area contributed by atoms with Crippen LogP contribution in [0.2, 0.25) is 0 Å². The molecule has 1 saturated heterocycles. The first kappa shape index (κ1) is 14.1. The molecular formula is C14H17BrN2O2. The summed E-state index contributed by atoms with van der Waals surface area (Å²) in [6.07, 6.45) is 5.13. The molecule has 1 aromatic rings. The smallest absolute Gasteiger partial charge is 0.292 e. The van der Waals surface area contributed by atoms with Crippen LogP contribution < -0.4 is 4.90 Å². The molecule has 1 aromatic carbocycles. The molecule has 4 nitrogen and oxygen atoms in total. The highest BCUT2D eigenvalue weighted by atomic mass is 79.9. The van der Waals surface area contributed by atoms with Crippen molar-refractivity contribution < 1.29 is 4.92 Å². The van der Waals surface area contributed by atoms with Gasteiger partial charge in [-0.05, 0) is 37.3 Å². The van der Waals surface area contributed by atoms with Gasteiger partial charge in [0, 0.05) is 23.6 Å². The van der Waals surface area contributed by atoms with Gasteiger partial charge in [-0.15, -0.1) is 6.58 Å². The van der Waals surface area contributed by atoms with Crippen LogP contribution >= 0.6 is 15.9 Å². The zero-order valence-electron chi connectivity index (χ0n) is 10.7. The Bertz CT molecular complexity index is 482. The lowest BCUT2D eigenvalue weighted by Gasteiger charge is -2.33.